The minimum absolute atomic E-state index is 0.0192. The first kappa shape index (κ1) is 21.9. The molecule has 0 aromatic carbocycles. The Balaban J connectivity index is 2.06. The number of likely N-dealkylation sites (N-methyl/N-ethyl adjacent to an activating group) is 1. The van der Waals surface area contributed by atoms with Gasteiger partial charge < -0.3 is 10.6 Å². The Hall–Kier alpha value is -1.80. The third-order valence-electron chi connectivity index (χ3n) is 8.30. The third-order valence-corrected chi connectivity index (χ3v) is 8.30. The number of rotatable bonds is 8. The largest absolute Gasteiger partial charge is 0.346 e. The highest BCUT2D eigenvalue weighted by atomic mass is 15.4. The summed E-state index contributed by atoms with van der Waals surface area (Å²) in [5.41, 5.74) is 14.8. The van der Waals surface area contributed by atoms with E-state index in [1.807, 2.05) is 12.2 Å². The number of nitrogens with two attached hydrogens (primary N) is 1. The summed E-state index contributed by atoms with van der Waals surface area (Å²) in [6.07, 6.45) is 9.84. The lowest BCUT2D eigenvalue weighted by Gasteiger charge is -2.49. The molecular weight excluding hydrogens is 354 g/mol. The zero-order chi connectivity index (χ0) is 21.8. The van der Waals surface area contributed by atoms with E-state index < -0.39 is 0 Å². The second-order valence-electron chi connectivity index (χ2n) is 9.91. The van der Waals surface area contributed by atoms with Gasteiger partial charge in [0.25, 0.3) is 0 Å². The van der Waals surface area contributed by atoms with Crippen LogP contribution in [0, 0.1) is 17.3 Å². The van der Waals surface area contributed by atoms with E-state index in [2.05, 4.69) is 83.1 Å². The second-order valence-corrected chi connectivity index (χ2v) is 9.91. The average Bonchev–Trinajstić information content (AvgIpc) is 3.30. The summed E-state index contributed by atoms with van der Waals surface area (Å²) in [5.74, 6) is 1.02. The molecule has 0 aromatic heterocycles. The number of hydrogen-bond acceptors (Lipinski definition) is 3. The van der Waals surface area contributed by atoms with Crippen LogP contribution in [0.2, 0.25) is 0 Å². The summed E-state index contributed by atoms with van der Waals surface area (Å²) in [5, 5.41) is 0. The summed E-state index contributed by atoms with van der Waals surface area (Å²) in [7, 11) is 2.23. The van der Waals surface area contributed by atoms with Gasteiger partial charge in [-0.25, -0.2) is 0 Å². The van der Waals surface area contributed by atoms with Crippen molar-refractivity contribution >= 4 is 0 Å². The Morgan fingerprint density at radius 3 is 2.38 bits per heavy atom. The van der Waals surface area contributed by atoms with Gasteiger partial charge in [-0.1, -0.05) is 39.7 Å². The molecule has 1 spiro atoms. The Morgan fingerprint density at radius 1 is 1.31 bits per heavy atom. The monoisotopic (exact) mass is 393 g/mol. The van der Waals surface area contributed by atoms with Crippen molar-refractivity contribution < 1.29 is 0 Å². The molecule has 0 bridgehead atoms. The topological polar surface area (TPSA) is 32.5 Å². The quantitative estimate of drug-likeness (QED) is 0.445. The van der Waals surface area contributed by atoms with Gasteiger partial charge in [0.2, 0.25) is 0 Å². The molecule has 2 saturated carbocycles. The molecule has 1 heterocycles. The van der Waals surface area contributed by atoms with E-state index in [9.17, 15) is 0 Å². The van der Waals surface area contributed by atoms with Crippen LogP contribution >= 0.6 is 0 Å². The van der Waals surface area contributed by atoms with Crippen LogP contribution in [0.5, 0.6) is 0 Å². The molecule has 2 N–H and O–H groups in total. The first-order valence-corrected chi connectivity index (χ1v) is 10.9. The zero-order valence-electron chi connectivity index (χ0n) is 19.3. The van der Waals surface area contributed by atoms with Gasteiger partial charge in [-0.3, -0.25) is 4.90 Å². The fourth-order valence-electron chi connectivity index (χ4n) is 6.17. The summed E-state index contributed by atoms with van der Waals surface area (Å²) in [6.45, 7) is 23.9. The molecule has 0 radical (unpaired) electrons. The van der Waals surface area contributed by atoms with Crippen molar-refractivity contribution in [2.45, 2.75) is 65.1 Å². The van der Waals surface area contributed by atoms with Gasteiger partial charge >= 0.3 is 0 Å². The molecular formula is C26H39N3. The first-order chi connectivity index (χ1) is 13.5. The molecule has 4 atom stereocenters. The van der Waals surface area contributed by atoms with Gasteiger partial charge in [0.1, 0.15) is 0 Å². The molecule has 3 heteroatoms. The average molecular weight is 394 g/mol. The van der Waals surface area contributed by atoms with E-state index in [0.29, 0.717) is 17.3 Å². The van der Waals surface area contributed by atoms with Crippen LogP contribution in [0.3, 0.4) is 0 Å². The summed E-state index contributed by atoms with van der Waals surface area (Å²) in [6, 6.07) is 0. The molecule has 0 aromatic rings. The van der Waals surface area contributed by atoms with Crippen molar-refractivity contribution in [2.75, 3.05) is 13.6 Å². The van der Waals surface area contributed by atoms with Gasteiger partial charge in [0.05, 0.1) is 5.66 Å². The maximum Gasteiger partial charge on any atom is 0.0758 e. The van der Waals surface area contributed by atoms with E-state index in [-0.39, 0.29) is 11.2 Å². The first-order valence-electron chi connectivity index (χ1n) is 10.9. The van der Waals surface area contributed by atoms with Crippen LogP contribution < -0.4 is 5.73 Å². The van der Waals surface area contributed by atoms with Crippen molar-refractivity contribution in [3.63, 3.8) is 0 Å². The number of hydrogen-bond donors (Lipinski definition) is 1. The van der Waals surface area contributed by atoms with Gasteiger partial charge in [-0.05, 0) is 81.7 Å². The Kier molecular flexibility index (Phi) is 5.41. The third kappa shape index (κ3) is 2.94. The van der Waals surface area contributed by atoms with Crippen molar-refractivity contribution in [1.82, 2.24) is 9.80 Å². The highest BCUT2D eigenvalue weighted by Crippen LogP contribution is 2.79. The van der Waals surface area contributed by atoms with Crippen molar-refractivity contribution in [3.8, 4) is 0 Å². The maximum absolute atomic E-state index is 6.86. The summed E-state index contributed by atoms with van der Waals surface area (Å²) >= 11 is 0. The molecule has 2 aliphatic carbocycles. The predicted octanol–water partition coefficient (Wildman–Crippen LogP) is 5.36. The van der Waals surface area contributed by atoms with Crippen LogP contribution in [0.1, 0.15) is 53.9 Å². The minimum atomic E-state index is -0.122. The van der Waals surface area contributed by atoms with Gasteiger partial charge in [-0.2, -0.15) is 0 Å². The predicted molar refractivity (Wildman–Crippen MR) is 124 cm³/mol. The molecule has 29 heavy (non-hydrogen) atoms. The molecule has 3 fully saturated rings. The molecule has 1 aliphatic heterocycles. The van der Waals surface area contributed by atoms with E-state index in [1.54, 1.807) is 0 Å². The highest BCUT2D eigenvalue weighted by Gasteiger charge is 2.84. The lowest BCUT2D eigenvalue weighted by molar-refractivity contribution is 0.0268. The Morgan fingerprint density at radius 2 is 1.97 bits per heavy atom. The normalized spacial score (nSPS) is 36.4. The van der Waals surface area contributed by atoms with E-state index >= 15 is 0 Å². The second kappa shape index (κ2) is 7.16. The number of nitrogens with zero attached hydrogens (tertiary/aromatic N) is 2. The number of piperidine rings is 1. The summed E-state index contributed by atoms with van der Waals surface area (Å²) < 4.78 is 0. The molecule has 158 valence electrons. The van der Waals surface area contributed by atoms with Crippen molar-refractivity contribution in [3.05, 3.63) is 66.2 Å². The van der Waals surface area contributed by atoms with Crippen LogP contribution in [-0.4, -0.2) is 34.6 Å². The van der Waals surface area contributed by atoms with Crippen LogP contribution in [-0.2, 0) is 0 Å². The Labute approximate surface area is 178 Å². The van der Waals surface area contributed by atoms with E-state index in [4.69, 9.17) is 5.73 Å². The zero-order valence-corrected chi connectivity index (χ0v) is 19.3. The van der Waals surface area contributed by atoms with E-state index in [1.165, 1.54) is 18.4 Å². The minimum Gasteiger partial charge on any atom is -0.346 e. The SMILES string of the molecule is C=C=C(C)/C(=C/N(CC1(C)C2CCC23CC3(N)N1C)/C(C=C)=C(/C)C=C)C(C)C. The number of likely N-dealkylation sites (tertiary alicyclic amines) is 1. The van der Waals surface area contributed by atoms with Gasteiger partial charge in [0, 0.05) is 29.4 Å². The molecule has 1 saturated heterocycles. The highest BCUT2D eigenvalue weighted by molar-refractivity contribution is 5.39. The lowest BCUT2D eigenvalue weighted by atomic mass is 9.62. The summed E-state index contributed by atoms with van der Waals surface area (Å²) in [4.78, 5) is 4.85. The van der Waals surface area contributed by atoms with Crippen LogP contribution in [0.15, 0.2) is 66.2 Å². The fourth-order valence-corrected chi connectivity index (χ4v) is 6.17. The molecule has 3 aliphatic rings. The van der Waals surface area contributed by atoms with Crippen molar-refractivity contribution in [2.24, 2.45) is 23.0 Å². The lowest BCUT2D eigenvalue weighted by Crippen LogP contribution is -2.57. The standard InChI is InChI=1S/C26H39N3/c1-10-19(6)21(18(4)5)15-29(22(12-3)20(7)11-2)17-24(8)23-13-14-25(23)16-26(25,27)28(24)9/h11-12,15,18,23H,1-3,13-14,16-17,27H2,4-9H3/b21-15+,22-20-. The maximum atomic E-state index is 6.86. The molecule has 3 rings (SSSR count). The van der Waals surface area contributed by atoms with Gasteiger partial charge in [0.15, 0.2) is 0 Å². The van der Waals surface area contributed by atoms with Crippen molar-refractivity contribution in [1.29, 1.82) is 0 Å². The van der Waals surface area contributed by atoms with Crippen LogP contribution in [0.4, 0.5) is 0 Å². The smallest absolute Gasteiger partial charge is 0.0758 e. The van der Waals surface area contributed by atoms with Crippen LogP contribution in [0.25, 0.3) is 0 Å². The molecule has 3 nitrogen and oxygen atoms in total. The fraction of sp³-hybridized carbons (Fsp3) is 0.577. The van der Waals surface area contributed by atoms with Gasteiger partial charge in [-0.15, -0.1) is 5.73 Å². The molecule has 0 amide bonds. The Bertz CT molecular complexity index is 828. The van der Waals surface area contributed by atoms with E-state index in [0.717, 1.165) is 29.8 Å². The molecule has 4 unspecified atom stereocenters. The number of allylic oxidation sites excluding steroid dienone is 5.